The van der Waals surface area contributed by atoms with Crippen LogP contribution >= 0.6 is 23.2 Å². The maximum Gasteiger partial charge on any atom is 0.421 e. The lowest BCUT2D eigenvalue weighted by Crippen LogP contribution is -2.34. The van der Waals surface area contributed by atoms with Gasteiger partial charge < -0.3 is 9.84 Å². The molecule has 0 unspecified atom stereocenters. The Morgan fingerprint density at radius 3 is 1.94 bits per heavy atom. The maximum atomic E-state index is 13.5. The highest BCUT2D eigenvalue weighted by atomic mass is 35.5. The normalized spacial score (nSPS) is 13.6. The first-order valence-electron chi connectivity index (χ1n) is 11.1. The molecule has 6 nitrogen and oxygen atoms in total. The van der Waals surface area contributed by atoms with Crippen molar-refractivity contribution < 1.29 is 19.4 Å². The number of aliphatic imine (C=N–C) groups is 1. The second kappa shape index (κ2) is 8.85. The van der Waals surface area contributed by atoms with Gasteiger partial charge in [-0.2, -0.15) is 0 Å². The van der Waals surface area contributed by atoms with Gasteiger partial charge in [-0.1, -0.05) is 68.2 Å². The van der Waals surface area contributed by atoms with E-state index in [-0.39, 0.29) is 27.9 Å². The molecule has 0 atom stereocenters. The van der Waals surface area contributed by atoms with Crippen LogP contribution in [0.2, 0.25) is 10.0 Å². The third-order valence-corrected chi connectivity index (χ3v) is 6.05. The summed E-state index contributed by atoms with van der Waals surface area (Å²) in [5, 5.41) is 12.3. The van der Waals surface area contributed by atoms with Crippen LogP contribution in [0.3, 0.4) is 0 Å². The number of rotatable bonds is 4. The van der Waals surface area contributed by atoms with Crippen LogP contribution in [0.25, 0.3) is 11.3 Å². The molecule has 3 aromatic rings. The highest BCUT2D eigenvalue weighted by Gasteiger charge is 2.40. The molecule has 35 heavy (non-hydrogen) atoms. The highest BCUT2D eigenvalue weighted by molar-refractivity contribution is 6.33. The lowest BCUT2D eigenvalue weighted by molar-refractivity contribution is 0.0103. The lowest BCUT2D eigenvalue weighted by atomic mass is 9.84. The Bertz CT molecular complexity index is 1350. The lowest BCUT2D eigenvalue weighted by Gasteiger charge is -2.32. The highest BCUT2D eigenvalue weighted by Crippen LogP contribution is 2.42. The number of ether oxygens (including phenoxy) is 1. The molecule has 1 amide bonds. The summed E-state index contributed by atoms with van der Waals surface area (Å²) in [6.07, 6.45) is -0.209. The van der Waals surface area contributed by atoms with Crippen LogP contribution in [-0.4, -0.2) is 33.0 Å². The molecule has 0 saturated carbocycles. The summed E-state index contributed by atoms with van der Waals surface area (Å²) in [6.45, 7) is 9.79. The van der Waals surface area contributed by atoms with Gasteiger partial charge in [0.1, 0.15) is 5.60 Å². The first kappa shape index (κ1) is 25.0. The Hall–Kier alpha value is -3.09. The fraction of sp³-hybridized carbons (Fsp3) is 0.296. The summed E-state index contributed by atoms with van der Waals surface area (Å²) in [7, 11) is 0. The van der Waals surface area contributed by atoms with E-state index in [1.54, 1.807) is 48.5 Å². The van der Waals surface area contributed by atoms with Crippen LogP contribution in [0.5, 0.6) is 5.88 Å². The van der Waals surface area contributed by atoms with Crippen molar-refractivity contribution in [2.45, 2.75) is 46.6 Å². The molecule has 0 fully saturated rings. The summed E-state index contributed by atoms with van der Waals surface area (Å²) in [4.78, 5) is 30.8. The number of hydrogen-bond donors (Lipinski definition) is 1. The fourth-order valence-electron chi connectivity index (χ4n) is 4.68. The molecule has 4 rings (SSSR count). The summed E-state index contributed by atoms with van der Waals surface area (Å²) in [6, 6.07) is 13.4. The summed E-state index contributed by atoms with van der Waals surface area (Å²) in [5.41, 5.74) is 0.917. The van der Waals surface area contributed by atoms with Crippen molar-refractivity contribution in [2.75, 3.05) is 0 Å². The van der Waals surface area contributed by atoms with E-state index in [1.165, 1.54) is 0 Å². The molecule has 2 heterocycles. The second-order valence-electron chi connectivity index (χ2n) is 10.4. The van der Waals surface area contributed by atoms with Gasteiger partial charge in [0.2, 0.25) is 5.88 Å². The Labute approximate surface area is 214 Å². The number of carbonyl (C=O) groups excluding carboxylic acids is 2. The summed E-state index contributed by atoms with van der Waals surface area (Å²) in [5.74, 6) is -0.980. The molecule has 0 aliphatic carbocycles. The zero-order chi connectivity index (χ0) is 25.7. The monoisotopic (exact) mass is 512 g/mol. The van der Waals surface area contributed by atoms with Gasteiger partial charge in [-0.05, 0) is 55.5 Å². The van der Waals surface area contributed by atoms with Crippen molar-refractivity contribution in [2.24, 2.45) is 10.4 Å². The summed E-state index contributed by atoms with van der Waals surface area (Å²) < 4.78 is 6.91. The number of aromatic nitrogens is 1. The van der Waals surface area contributed by atoms with Crippen LogP contribution in [0.1, 0.15) is 62.5 Å². The van der Waals surface area contributed by atoms with Crippen molar-refractivity contribution in [3.05, 3.63) is 75.3 Å². The molecular weight excluding hydrogens is 487 g/mol. The van der Waals surface area contributed by atoms with Crippen LogP contribution in [0.15, 0.2) is 53.5 Å². The molecule has 1 aromatic heterocycles. The number of aromatic hydroxyl groups is 1. The smallest absolute Gasteiger partial charge is 0.421 e. The zero-order valence-electron chi connectivity index (χ0n) is 20.1. The number of nitrogens with zero attached hydrogens (tertiary/aromatic N) is 2. The molecule has 1 N–H and O–H groups in total. The summed E-state index contributed by atoms with van der Waals surface area (Å²) >= 11 is 12.1. The Balaban J connectivity index is 1.89. The van der Waals surface area contributed by atoms with E-state index >= 15 is 0 Å². The third-order valence-electron chi connectivity index (χ3n) is 5.55. The Kier molecular flexibility index (Phi) is 6.32. The van der Waals surface area contributed by atoms with E-state index < -0.39 is 23.5 Å². The Morgan fingerprint density at radius 2 is 1.43 bits per heavy atom. The largest absolute Gasteiger partial charge is 0.494 e. The number of benzene rings is 2. The quantitative estimate of drug-likeness (QED) is 0.395. The number of carbonyl (C=O) groups is 2. The molecule has 182 valence electrons. The van der Waals surface area contributed by atoms with E-state index in [0.29, 0.717) is 27.6 Å². The Morgan fingerprint density at radius 1 is 0.914 bits per heavy atom. The van der Waals surface area contributed by atoms with E-state index in [0.717, 1.165) is 4.57 Å². The SMILES string of the molecule is CC(C)(C)CC(C)(C)OC(=O)n1c(O)c2c(c1-c1ccc(Cl)cc1)C(=O)N=C2c1ccc(Cl)cc1. The molecule has 2 aromatic carbocycles. The van der Waals surface area contributed by atoms with E-state index in [4.69, 9.17) is 27.9 Å². The van der Waals surface area contributed by atoms with Gasteiger partial charge in [-0.3, -0.25) is 4.79 Å². The van der Waals surface area contributed by atoms with Crippen LogP contribution < -0.4 is 0 Å². The van der Waals surface area contributed by atoms with Gasteiger partial charge in [0.05, 0.1) is 22.5 Å². The molecule has 0 bridgehead atoms. The van der Waals surface area contributed by atoms with Gasteiger partial charge in [0.15, 0.2) is 0 Å². The second-order valence-corrected chi connectivity index (χ2v) is 11.3. The molecule has 8 heteroatoms. The van der Waals surface area contributed by atoms with E-state index in [9.17, 15) is 14.7 Å². The average Bonchev–Trinajstić information content (AvgIpc) is 3.22. The maximum absolute atomic E-state index is 13.5. The minimum Gasteiger partial charge on any atom is -0.494 e. The van der Waals surface area contributed by atoms with Crippen molar-refractivity contribution in [3.8, 4) is 17.1 Å². The van der Waals surface area contributed by atoms with Crippen LogP contribution in [0, 0.1) is 5.41 Å². The zero-order valence-corrected chi connectivity index (χ0v) is 21.7. The number of amides is 1. The van der Waals surface area contributed by atoms with Gasteiger partial charge >= 0.3 is 6.09 Å². The first-order chi connectivity index (χ1) is 16.3. The van der Waals surface area contributed by atoms with Crippen LogP contribution in [-0.2, 0) is 4.74 Å². The van der Waals surface area contributed by atoms with Crippen molar-refractivity contribution >= 4 is 40.9 Å². The van der Waals surface area contributed by atoms with Crippen molar-refractivity contribution in [1.29, 1.82) is 0 Å². The van der Waals surface area contributed by atoms with Gasteiger partial charge in [0.25, 0.3) is 5.91 Å². The van der Waals surface area contributed by atoms with E-state index in [2.05, 4.69) is 25.8 Å². The number of hydrogen-bond acceptors (Lipinski definition) is 4. The topological polar surface area (TPSA) is 80.9 Å². The molecule has 1 aliphatic heterocycles. The minimum absolute atomic E-state index is 0.104. The molecule has 0 spiro atoms. The van der Waals surface area contributed by atoms with Crippen molar-refractivity contribution in [1.82, 2.24) is 4.57 Å². The first-order valence-corrected chi connectivity index (χ1v) is 11.9. The average molecular weight is 513 g/mol. The molecular formula is C27H26Cl2N2O4. The fourth-order valence-corrected chi connectivity index (χ4v) is 4.93. The van der Waals surface area contributed by atoms with Gasteiger partial charge in [-0.15, -0.1) is 0 Å². The van der Waals surface area contributed by atoms with Gasteiger partial charge in [-0.25, -0.2) is 14.4 Å². The predicted molar refractivity (Wildman–Crippen MR) is 138 cm³/mol. The van der Waals surface area contributed by atoms with Crippen molar-refractivity contribution in [3.63, 3.8) is 0 Å². The standard InChI is InChI=1S/C27H26Cl2N2O4/c1-26(2,3)14-27(4,5)35-25(34)31-22(16-8-12-18(29)13-9-16)20-19(24(31)33)21(30-23(20)32)15-6-10-17(28)11-7-15/h6-13,33H,14H2,1-5H3. The third kappa shape index (κ3) is 5.00. The van der Waals surface area contributed by atoms with E-state index in [1.807, 2.05) is 13.8 Å². The number of fused-ring (bicyclic) bond motifs is 1. The van der Waals surface area contributed by atoms with Gasteiger partial charge in [0, 0.05) is 15.6 Å². The predicted octanol–water partition coefficient (Wildman–Crippen LogP) is 7.36. The number of halogens is 2. The molecule has 1 aliphatic rings. The molecule has 0 saturated heterocycles. The van der Waals surface area contributed by atoms with Crippen LogP contribution in [0.4, 0.5) is 4.79 Å². The molecule has 0 radical (unpaired) electrons. The minimum atomic E-state index is -0.829.